The molecule has 6 heteroatoms. The summed E-state index contributed by atoms with van der Waals surface area (Å²) in [7, 11) is 0. The normalized spacial score (nSPS) is 11.8. The highest BCUT2D eigenvalue weighted by Gasteiger charge is 2.26. The van der Waals surface area contributed by atoms with Gasteiger partial charge in [0, 0.05) is 12.1 Å². The molecular weight excluding hydrogens is 316 g/mol. The zero-order valence-electron chi connectivity index (χ0n) is 14.8. The maximum atomic E-state index is 12.4. The van der Waals surface area contributed by atoms with Gasteiger partial charge in [0.15, 0.2) is 0 Å². The lowest BCUT2D eigenvalue weighted by Crippen LogP contribution is -2.36. The molecule has 0 radical (unpaired) electrons. The van der Waals surface area contributed by atoms with Crippen LogP contribution in [-0.4, -0.2) is 9.55 Å². The topological polar surface area (TPSA) is 102 Å². The summed E-state index contributed by atoms with van der Waals surface area (Å²) in [6.45, 7) is 7.67. The van der Waals surface area contributed by atoms with Crippen molar-refractivity contribution in [2.75, 3.05) is 0 Å². The molecule has 0 aliphatic heterocycles. The summed E-state index contributed by atoms with van der Waals surface area (Å²) in [6, 6.07) is 9.47. The summed E-state index contributed by atoms with van der Waals surface area (Å²) in [6.07, 6.45) is 0. The van der Waals surface area contributed by atoms with Crippen LogP contribution in [0.5, 0.6) is 0 Å². The predicted molar refractivity (Wildman–Crippen MR) is 94.4 cm³/mol. The van der Waals surface area contributed by atoms with Crippen molar-refractivity contribution < 1.29 is 0 Å². The molecule has 1 N–H and O–H groups in total. The monoisotopic (exact) mass is 336 g/mol. The molecule has 128 valence electrons. The Morgan fingerprint density at radius 2 is 1.88 bits per heavy atom. The summed E-state index contributed by atoms with van der Waals surface area (Å²) >= 11 is 0. The van der Waals surface area contributed by atoms with E-state index in [0.717, 1.165) is 5.56 Å². The van der Waals surface area contributed by atoms with Crippen molar-refractivity contribution in [1.82, 2.24) is 9.55 Å². The van der Waals surface area contributed by atoms with E-state index in [1.807, 2.05) is 26.8 Å². The molecule has 2 rings (SSSR count). The van der Waals surface area contributed by atoms with E-state index < -0.39 is 17.2 Å². The highest BCUT2D eigenvalue weighted by atomic mass is 16.2. The fourth-order valence-electron chi connectivity index (χ4n) is 3.12. The highest BCUT2D eigenvalue weighted by Crippen LogP contribution is 2.29. The molecule has 1 heterocycles. The van der Waals surface area contributed by atoms with E-state index in [1.54, 1.807) is 19.1 Å². The van der Waals surface area contributed by atoms with Gasteiger partial charge in [0.05, 0.1) is 23.4 Å². The van der Waals surface area contributed by atoms with Gasteiger partial charge in [-0.05, 0) is 43.0 Å². The Labute approximate surface area is 146 Å². The van der Waals surface area contributed by atoms with Crippen LogP contribution in [0.1, 0.15) is 60.6 Å². The minimum Gasteiger partial charge on any atom is -0.296 e. The second-order valence-electron chi connectivity index (χ2n) is 6.26. The van der Waals surface area contributed by atoms with Crippen LogP contribution in [0.15, 0.2) is 27.8 Å². The van der Waals surface area contributed by atoms with Crippen LogP contribution in [0.3, 0.4) is 0 Å². The van der Waals surface area contributed by atoms with Gasteiger partial charge >= 0.3 is 5.69 Å². The minimum atomic E-state index is -0.806. The lowest BCUT2D eigenvalue weighted by Gasteiger charge is -2.21. The van der Waals surface area contributed by atoms with Crippen molar-refractivity contribution in [3.05, 3.63) is 67.0 Å². The first-order valence-corrected chi connectivity index (χ1v) is 8.12. The molecule has 0 bridgehead atoms. The Balaban J connectivity index is 2.89. The molecule has 0 fully saturated rings. The molecule has 0 saturated heterocycles. The van der Waals surface area contributed by atoms with Crippen LogP contribution in [0.25, 0.3) is 0 Å². The average molecular weight is 336 g/mol. The van der Waals surface area contributed by atoms with Crippen LogP contribution in [0.4, 0.5) is 0 Å². The maximum Gasteiger partial charge on any atom is 0.328 e. The zero-order valence-corrected chi connectivity index (χ0v) is 14.8. The van der Waals surface area contributed by atoms with Gasteiger partial charge in [-0.2, -0.15) is 10.5 Å². The number of aromatic amines is 1. The zero-order chi connectivity index (χ0) is 18.7. The van der Waals surface area contributed by atoms with Gasteiger partial charge in [0.2, 0.25) is 0 Å². The van der Waals surface area contributed by atoms with Crippen molar-refractivity contribution >= 4 is 0 Å². The van der Waals surface area contributed by atoms with Gasteiger partial charge in [-0.15, -0.1) is 0 Å². The van der Waals surface area contributed by atoms with Gasteiger partial charge in [0.1, 0.15) is 5.92 Å². The molecule has 25 heavy (non-hydrogen) atoms. The largest absolute Gasteiger partial charge is 0.328 e. The van der Waals surface area contributed by atoms with Crippen molar-refractivity contribution in [2.24, 2.45) is 0 Å². The molecule has 6 nitrogen and oxygen atoms in total. The summed E-state index contributed by atoms with van der Waals surface area (Å²) in [5.74, 6) is -0.965. The van der Waals surface area contributed by atoms with Crippen LogP contribution in [-0.2, 0) is 6.54 Å². The molecule has 0 saturated carbocycles. The summed E-state index contributed by atoms with van der Waals surface area (Å²) < 4.78 is 1.43. The van der Waals surface area contributed by atoms with Crippen LogP contribution < -0.4 is 11.2 Å². The van der Waals surface area contributed by atoms with E-state index in [4.69, 9.17) is 0 Å². The molecule has 1 atom stereocenters. The number of benzene rings is 1. The summed E-state index contributed by atoms with van der Waals surface area (Å²) in [5.41, 5.74) is 1.73. The number of H-pyrrole nitrogens is 1. The fourth-order valence-corrected chi connectivity index (χ4v) is 3.12. The van der Waals surface area contributed by atoms with E-state index in [9.17, 15) is 20.1 Å². The standard InChI is InChI=1S/C19H20N4O2/c1-5-23-17(16(11(2)3)18(24)22-19(23)25)15(10-21)14-7-12(4)6-13(8-14)9-20/h6-8,11,15H,5H2,1-4H3,(H,22,24,25)/t15-/m1/s1. The van der Waals surface area contributed by atoms with Crippen LogP contribution in [0, 0.1) is 29.6 Å². The number of aryl methyl sites for hydroxylation is 1. The quantitative estimate of drug-likeness (QED) is 0.926. The van der Waals surface area contributed by atoms with Gasteiger partial charge in [-0.25, -0.2) is 4.79 Å². The third kappa shape index (κ3) is 3.39. The molecule has 2 aromatic rings. The van der Waals surface area contributed by atoms with Gasteiger partial charge in [-0.1, -0.05) is 19.9 Å². The third-order valence-electron chi connectivity index (χ3n) is 4.14. The molecule has 0 unspecified atom stereocenters. The first-order valence-electron chi connectivity index (χ1n) is 8.12. The molecular formula is C19H20N4O2. The lowest BCUT2D eigenvalue weighted by atomic mass is 9.88. The molecule has 0 aliphatic rings. The number of nitriles is 2. The van der Waals surface area contributed by atoms with Crippen LogP contribution >= 0.6 is 0 Å². The second-order valence-corrected chi connectivity index (χ2v) is 6.26. The van der Waals surface area contributed by atoms with Crippen molar-refractivity contribution in [1.29, 1.82) is 10.5 Å². The smallest absolute Gasteiger partial charge is 0.296 e. The van der Waals surface area contributed by atoms with E-state index in [0.29, 0.717) is 28.9 Å². The molecule has 1 aromatic heterocycles. The second kappa shape index (κ2) is 7.19. The Bertz CT molecular complexity index is 1000. The molecule has 0 amide bonds. The molecule has 0 spiro atoms. The Morgan fingerprint density at radius 1 is 1.20 bits per heavy atom. The minimum absolute atomic E-state index is 0.159. The van der Waals surface area contributed by atoms with Gasteiger partial charge in [-0.3, -0.25) is 14.3 Å². The summed E-state index contributed by atoms with van der Waals surface area (Å²) in [5, 5.41) is 19.0. The third-order valence-corrected chi connectivity index (χ3v) is 4.14. The van der Waals surface area contributed by atoms with Crippen molar-refractivity contribution in [3.63, 3.8) is 0 Å². The Hall–Kier alpha value is -3.12. The van der Waals surface area contributed by atoms with Gasteiger partial charge < -0.3 is 0 Å². The average Bonchev–Trinajstić information content (AvgIpc) is 2.54. The van der Waals surface area contributed by atoms with Crippen LogP contribution in [0.2, 0.25) is 0 Å². The Morgan fingerprint density at radius 3 is 2.40 bits per heavy atom. The SMILES string of the molecule is CCn1c([C@H](C#N)c2cc(C)cc(C#N)c2)c(C(C)C)c(=O)[nH]c1=O. The number of rotatable bonds is 4. The number of hydrogen-bond donors (Lipinski definition) is 1. The van der Waals surface area contributed by atoms with E-state index in [-0.39, 0.29) is 5.92 Å². The van der Waals surface area contributed by atoms with E-state index >= 15 is 0 Å². The predicted octanol–water partition coefficient (Wildman–Crippen LogP) is 2.52. The number of aromatic nitrogens is 2. The fraction of sp³-hybridized carbons (Fsp3) is 0.368. The summed E-state index contributed by atoms with van der Waals surface area (Å²) in [4.78, 5) is 27.0. The number of nitrogens with zero attached hydrogens (tertiary/aromatic N) is 3. The molecule has 0 aliphatic carbocycles. The van der Waals surface area contributed by atoms with E-state index in [1.165, 1.54) is 4.57 Å². The first-order chi connectivity index (χ1) is 11.8. The molecule has 1 aromatic carbocycles. The van der Waals surface area contributed by atoms with Crippen molar-refractivity contribution in [2.45, 2.75) is 46.1 Å². The first kappa shape index (κ1) is 18.2. The number of hydrogen-bond acceptors (Lipinski definition) is 4. The lowest BCUT2D eigenvalue weighted by molar-refractivity contribution is 0.617. The Kier molecular flexibility index (Phi) is 5.24. The van der Waals surface area contributed by atoms with Crippen molar-refractivity contribution in [3.8, 4) is 12.1 Å². The van der Waals surface area contributed by atoms with Gasteiger partial charge in [0.25, 0.3) is 5.56 Å². The highest BCUT2D eigenvalue weighted by molar-refractivity contribution is 5.45. The number of nitrogens with one attached hydrogen (secondary N) is 1. The van der Waals surface area contributed by atoms with E-state index in [2.05, 4.69) is 17.1 Å². The maximum absolute atomic E-state index is 12.4.